The Hall–Kier alpha value is -1.66. The molecule has 86 valence electrons. The lowest BCUT2D eigenvalue weighted by molar-refractivity contribution is 0.308. The Kier molecular flexibility index (Phi) is 5.90. The smallest absolute Gasteiger partial charge is 0.123 e. The largest absolute Gasteiger partial charge is 0.494 e. The molecule has 0 saturated carbocycles. The van der Waals surface area contributed by atoms with E-state index < -0.39 is 0 Å². The van der Waals surface area contributed by atoms with Gasteiger partial charge in [-0.3, -0.25) is 0 Å². The van der Waals surface area contributed by atoms with Crippen molar-refractivity contribution in [2.24, 2.45) is 0 Å². The summed E-state index contributed by atoms with van der Waals surface area (Å²) < 4.78 is 10.9. The number of nitrogens with one attached hydrogen (secondary N) is 1. The van der Waals surface area contributed by atoms with Crippen molar-refractivity contribution in [1.82, 2.24) is 5.32 Å². The number of terminal acetylenes is 1. The Morgan fingerprint density at radius 2 is 2.06 bits per heavy atom. The summed E-state index contributed by atoms with van der Waals surface area (Å²) in [4.78, 5) is 0. The topological polar surface area (TPSA) is 30.5 Å². The van der Waals surface area contributed by atoms with E-state index in [0.717, 1.165) is 18.0 Å². The van der Waals surface area contributed by atoms with Crippen LogP contribution in [0, 0.1) is 12.3 Å². The summed E-state index contributed by atoms with van der Waals surface area (Å²) in [6.45, 7) is 4.52. The summed E-state index contributed by atoms with van der Waals surface area (Å²) in [7, 11) is 0. The summed E-state index contributed by atoms with van der Waals surface area (Å²) in [5.41, 5.74) is 0. The Labute approximate surface area is 96.8 Å². The number of benzene rings is 1. The SMILES string of the molecule is C#CCNCCOc1cccc(OCC)c1. The predicted octanol–water partition coefficient (Wildman–Crippen LogP) is 1.69. The number of ether oxygens (including phenoxy) is 2. The highest BCUT2D eigenvalue weighted by Crippen LogP contribution is 2.18. The van der Waals surface area contributed by atoms with Gasteiger partial charge in [-0.25, -0.2) is 0 Å². The van der Waals surface area contributed by atoms with Crippen LogP contribution in [0.3, 0.4) is 0 Å². The van der Waals surface area contributed by atoms with Crippen LogP contribution in [0.5, 0.6) is 11.5 Å². The van der Waals surface area contributed by atoms with Gasteiger partial charge in [-0.1, -0.05) is 12.0 Å². The van der Waals surface area contributed by atoms with Gasteiger partial charge in [0.15, 0.2) is 0 Å². The minimum absolute atomic E-state index is 0.572. The number of rotatable bonds is 7. The molecule has 1 N–H and O–H groups in total. The van der Waals surface area contributed by atoms with Gasteiger partial charge in [-0.05, 0) is 19.1 Å². The Bertz CT molecular complexity index is 344. The van der Waals surface area contributed by atoms with Crippen molar-refractivity contribution in [3.05, 3.63) is 24.3 Å². The average Bonchev–Trinajstić information content (AvgIpc) is 2.30. The van der Waals surface area contributed by atoms with Gasteiger partial charge in [-0.15, -0.1) is 6.42 Å². The van der Waals surface area contributed by atoms with E-state index in [1.165, 1.54) is 0 Å². The third-order valence-corrected chi connectivity index (χ3v) is 1.89. The zero-order chi connectivity index (χ0) is 11.6. The zero-order valence-corrected chi connectivity index (χ0v) is 9.53. The Balaban J connectivity index is 2.30. The van der Waals surface area contributed by atoms with Crippen LogP contribution in [0.25, 0.3) is 0 Å². The predicted molar refractivity (Wildman–Crippen MR) is 64.8 cm³/mol. The molecular formula is C13H17NO2. The van der Waals surface area contributed by atoms with Gasteiger partial charge >= 0.3 is 0 Å². The standard InChI is InChI=1S/C13H17NO2/c1-3-8-14-9-10-16-13-7-5-6-12(11-13)15-4-2/h1,5-7,11,14H,4,8-10H2,2H3. The van der Waals surface area contributed by atoms with Gasteiger partial charge in [0.25, 0.3) is 0 Å². The maximum Gasteiger partial charge on any atom is 0.123 e. The van der Waals surface area contributed by atoms with E-state index in [4.69, 9.17) is 15.9 Å². The van der Waals surface area contributed by atoms with E-state index in [1.807, 2.05) is 31.2 Å². The van der Waals surface area contributed by atoms with Gasteiger partial charge in [0.2, 0.25) is 0 Å². The molecule has 0 aliphatic heterocycles. The molecule has 0 aromatic heterocycles. The molecule has 0 atom stereocenters. The highest BCUT2D eigenvalue weighted by atomic mass is 16.5. The molecule has 1 aromatic rings. The van der Waals surface area contributed by atoms with Crippen LogP contribution >= 0.6 is 0 Å². The molecule has 0 saturated heterocycles. The van der Waals surface area contributed by atoms with Crippen LogP contribution in [-0.2, 0) is 0 Å². The van der Waals surface area contributed by atoms with Crippen molar-refractivity contribution in [1.29, 1.82) is 0 Å². The minimum atomic E-state index is 0.572. The van der Waals surface area contributed by atoms with E-state index in [-0.39, 0.29) is 0 Å². The quantitative estimate of drug-likeness (QED) is 0.559. The second-order valence-corrected chi connectivity index (χ2v) is 3.14. The highest BCUT2D eigenvalue weighted by Gasteiger charge is 1.96. The second kappa shape index (κ2) is 7.61. The summed E-state index contributed by atoms with van der Waals surface area (Å²) in [6, 6.07) is 7.61. The van der Waals surface area contributed by atoms with E-state index in [0.29, 0.717) is 19.8 Å². The van der Waals surface area contributed by atoms with E-state index in [9.17, 15) is 0 Å². The summed E-state index contributed by atoms with van der Waals surface area (Å²) in [6.07, 6.45) is 5.11. The minimum Gasteiger partial charge on any atom is -0.494 e. The first-order chi connectivity index (χ1) is 7.86. The maximum atomic E-state index is 5.53. The lowest BCUT2D eigenvalue weighted by atomic mass is 10.3. The Morgan fingerprint density at radius 1 is 1.31 bits per heavy atom. The molecule has 16 heavy (non-hydrogen) atoms. The van der Waals surface area contributed by atoms with E-state index >= 15 is 0 Å². The Morgan fingerprint density at radius 3 is 2.75 bits per heavy atom. The van der Waals surface area contributed by atoms with E-state index in [1.54, 1.807) is 0 Å². The third-order valence-electron chi connectivity index (χ3n) is 1.89. The molecular weight excluding hydrogens is 202 g/mol. The first-order valence-electron chi connectivity index (χ1n) is 5.36. The average molecular weight is 219 g/mol. The fourth-order valence-electron chi connectivity index (χ4n) is 1.22. The van der Waals surface area contributed by atoms with Crippen molar-refractivity contribution in [3.63, 3.8) is 0 Å². The van der Waals surface area contributed by atoms with Gasteiger partial charge in [0.1, 0.15) is 18.1 Å². The summed E-state index contributed by atoms with van der Waals surface area (Å²) >= 11 is 0. The maximum absolute atomic E-state index is 5.53. The summed E-state index contributed by atoms with van der Waals surface area (Å²) in [5, 5.41) is 3.05. The van der Waals surface area contributed by atoms with Crippen molar-refractivity contribution in [2.75, 3.05) is 26.3 Å². The molecule has 1 rings (SSSR count). The second-order valence-electron chi connectivity index (χ2n) is 3.14. The van der Waals surface area contributed by atoms with Gasteiger partial charge in [0.05, 0.1) is 13.2 Å². The van der Waals surface area contributed by atoms with Crippen LogP contribution in [0.2, 0.25) is 0 Å². The fraction of sp³-hybridized carbons (Fsp3) is 0.385. The van der Waals surface area contributed by atoms with Gasteiger partial charge in [-0.2, -0.15) is 0 Å². The normalized spacial score (nSPS) is 9.50. The molecule has 3 heteroatoms. The number of hydrogen-bond acceptors (Lipinski definition) is 3. The number of hydrogen-bond donors (Lipinski definition) is 1. The fourth-order valence-corrected chi connectivity index (χ4v) is 1.22. The first-order valence-corrected chi connectivity index (χ1v) is 5.36. The summed E-state index contributed by atoms with van der Waals surface area (Å²) in [5.74, 6) is 4.15. The van der Waals surface area contributed by atoms with Crippen LogP contribution in [0.4, 0.5) is 0 Å². The van der Waals surface area contributed by atoms with Gasteiger partial charge < -0.3 is 14.8 Å². The van der Waals surface area contributed by atoms with Crippen molar-refractivity contribution >= 4 is 0 Å². The lowest BCUT2D eigenvalue weighted by Crippen LogP contribution is -2.21. The van der Waals surface area contributed by atoms with Crippen molar-refractivity contribution in [2.45, 2.75) is 6.92 Å². The van der Waals surface area contributed by atoms with Crippen LogP contribution in [-0.4, -0.2) is 26.3 Å². The van der Waals surface area contributed by atoms with Crippen LogP contribution in [0.1, 0.15) is 6.92 Å². The molecule has 0 unspecified atom stereocenters. The molecule has 0 amide bonds. The molecule has 0 heterocycles. The monoisotopic (exact) mass is 219 g/mol. The van der Waals surface area contributed by atoms with Crippen molar-refractivity contribution in [3.8, 4) is 23.8 Å². The molecule has 0 fully saturated rings. The molecule has 0 aliphatic carbocycles. The van der Waals surface area contributed by atoms with Crippen LogP contribution < -0.4 is 14.8 Å². The van der Waals surface area contributed by atoms with Gasteiger partial charge in [0, 0.05) is 12.6 Å². The van der Waals surface area contributed by atoms with Crippen molar-refractivity contribution < 1.29 is 9.47 Å². The first kappa shape index (κ1) is 12.4. The molecule has 0 spiro atoms. The molecule has 0 bridgehead atoms. The molecule has 3 nitrogen and oxygen atoms in total. The molecule has 0 radical (unpaired) electrons. The molecule has 1 aromatic carbocycles. The molecule has 0 aliphatic rings. The van der Waals surface area contributed by atoms with Crippen LogP contribution in [0.15, 0.2) is 24.3 Å². The van der Waals surface area contributed by atoms with E-state index in [2.05, 4.69) is 11.2 Å². The highest BCUT2D eigenvalue weighted by molar-refractivity contribution is 5.32. The third kappa shape index (κ3) is 4.72. The lowest BCUT2D eigenvalue weighted by Gasteiger charge is -2.08. The zero-order valence-electron chi connectivity index (χ0n) is 9.53.